The molecule has 0 aromatic heterocycles. The Balaban J connectivity index is 2.14. The van der Waals surface area contributed by atoms with Crippen LogP contribution in [0.25, 0.3) is 0 Å². The summed E-state index contributed by atoms with van der Waals surface area (Å²) in [7, 11) is 0. The molecule has 148 valence electrons. The fraction of sp³-hybridized carbons (Fsp3) is 0.800. The third-order valence-corrected chi connectivity index (χ3v) is 4.37. The molecule has 2 amide bonds. The zero-order valence-electron chi connectivity index (χ0n) is 17.1. The van der Waals surface area contributed by atoms with E-state index in [1.54, 1.807) is 4.90 Å². The zero-order chi connectivity index (χ0) is 19.5. The van der Waals surface area contributed by atoms with Gasteiger partial charge in [0.05, 0.1) is 6.04 Å². The minimum atomic E-state index is -0.518. The van der Waals surface area contributed by atoms with E-state index in [4.69, 9.17) is 9.47 Å². The standard InChI is InChI=1S/C20H34N2O4/c1-19(2,3)25-17(23)21-12-9-10-15(14-21)16-11-7-8-13-22(16)18(24)26-20(4,5)6/h14,16H,7-13H2,1-6H3. The molecule has 2 heterocycles. The van der Waals surface area contributed by atoms with Crippen molar-refractivity contribution in [3.8, 4) is 0 Å². The maximum atomic E-state index is 12.6. The minimum Gasteiger partial charge on any atom is -0.444 e. The lowest BCUT2D eigenvalue weighted by atomic mass is 9.91. The summed E-state index contributed by atoms with van der Waals surface area (Å²) in [4.78, 5) is 28.5. The Morgan fingerprint density at radius 3 is 2.15 bits per heavy atom. The van der Waals surface area contributed by atoms with Gasteiger partial charge in [-0.25, -0.2) is 9.59 Å². The van der Waals surface area contributed by atoms with Gasteiger partial charge >= 0.3 is 12.2 Å². The first kappa shape index (κ1) is 20.6. The highest BCUT2D eigenvalue weighted by Gasteiger charge is 2.34. The molecule has 0 aromatic carbocycles. The lowest BCUT2D eigenvalue weighted by Crippen LogP contribution is -2.48. The molecule has 0 radical (unpaired) electrons. The number of nitrogens with zero attached hydrogens (tertiary/aromatic N) is 2. The van der Waals surface area contributed by atoms with Crippen molar-refractivity contribution in [1.29, 1.82) is 0 Å². The third-order valence-electron chi connectivity index (χ3n) is 4.37. The molecule has 6 nitrogen and oxygen atoms in total. The molecule has 0 saturated carbocycles. The van der Waals surface area contributed by atoms with Crippen LogP contribution in [0.1, 0.15) is 73.6 Å². The summed E-state index contributed by atoms with van der Waals surface area (Å²) in [5.41, 5.74) is 0.0889. The van der Waals surface area contributed by atoms with E-state index in [-0.39, 0.29) is 18.2 Å². The van der Waals surface area contributed by atoms with E-state index in [2.05, 4.69) is 0 Å². The normalized spacial score (nSPS) is 21.9. The van der Waals surface area contributed by atoms with Crippen LogP contribution in [0.4, 0.5) is 9.59 Å². The van der Waals surface area contributed by atoms with E-state index >= 15 is 0 Å². The Morgan fingerprint density at radius 2 is 1.54 bits per heavy atom. The molecule has 6 heteroatoms. The lowest BCUT2D eigenvalue weighted by Gasteiger charge is -2.40. The summed E-state index contributed by atoms with van der Waals surface area (Å²) < 4.78 is 11.1. The summed E-state index contributed by atoms with van der Waals surface area (Å²) in [6, 6.07) is 0.00355. The van der Waals surface area contributed by atoms with Crippen LogP contribution in [-0.2, 0) is 9.47 Å². The van der Waals surface area contributed by atoms with Crippen LogP contribution in [-0.4, -0.2) is 52.3 Å². The second-order valence-corrected chi connectivity index (χ2v) is 9.17. The molecule has 0 N–H and O–H groups in total. The summed E-state index contributed by atoms with van der Waals surface area (Å²) in [6.45, 7) is 12.6. The van der Waals surface area contributed by atoms with Gasteiger partial charge in [-0.1, -0.05) is 0 Å². The highest BCUT2D eigenvalue weighted by atomic mass is 16.6. The molecular formula is C20H34N2O4. The fourth-order valence-corrected chi connectivity index (χ4v) is 3.36. The fourth-order valence-electron chi connectivity index (χ4n) is 3.36. The number of hydrogen-bond donors (Lipinski definition) is 0. The monoisotopic (exact) mass is 366 g/mol. The second kappa shape index (κ2) is 7.89. The van der Waals surface area contributed by atoms with Gasteiger partial charge in [-0.3, -0.25) is 4.90 Å². The molecule has 1 unspecified atom stereocenters. The summed E-state index contributed by atoms with van der Waals surface area (Å²) in [5, 5.41) is 0. The summed E-state index contributed by atoms with van der Waals surface area (Å²) in [6.07, 6.45) is 6.05. The van der Waals surface area contributed by atoms with Gasteiger partial charge in [-0.2, -0.15) is 0 Å². The predicted molar refractivity (Wildman–Crippen MR) is 101 cm³/mol. The van der Waals surface area contributed by atoms with Gasteiger partial charge < -0.3 is 14.4 Å². The third kappa shape index (κ3) is 5.92. The molecule has 0 spiro atoms. The first-order valence-corrected chi connectivity index (χ1v) is 9.66. The molecule has 1 fully saturated rings. The maximum Gasteiger partial charge on any atom is 0.414 e. The van der Waals surface area contributed by atoms with Crippen molar-refractivity contribution in [2.24, 2.45) is 0 Å². The maximum absolute atomic E-state index is 12.6. The van der Waals surface area contributed by atoms with Crippen molar-refractivity contribution in [1.82, 2.24) is 9.80 Å². The highest BCUT2D eigenvalue weighted by Crippen LogP contribution is 2.30. The number of ether oxygens (including phenoxy) is 2. The van der Waals surface area contributed by atoms with Crippen LogP contribution >= 0.6 is 0 Å². The molecular weight excluding hydrogens is 332 g/mol. The van der Waals surface area contributed by atoms with Gasteiger partial charge in [0, 0.05) is 19.3 Å². The van der Waals surface area contributed by atoms with E-state index in [9.17, 15) is 9.59 Å². The van der Waals surface area contributed by atoms with Crippen molar-refractivity contribution < 1.29 is 19.1 Å². The van der Waals surface area contributed by atoms with Gasteiger partial charge in [0.15, 0.2) is 0 Å². The average molecular weight is 367 g/mol. The van der Waals surface area contributed by atoms with Gasteiger partial charge in [0.1, 0.15) is 11.2 Å². The number of hydrogen-bond acceptors (Lipinski definition) is 4. The molecule has 1 atom stereocenters. The molecule has 0 aromatic rings. The van der Waals surface area contributed by atoms with Crippen molar-refractivity contribution in [2.45, 2.75) is 90.9 Å². The van der Waals surface area contributed by atoms with E-state index < -0.39 is 11.2 Å². The molecule has 2 aliphatic rings. The highest BCUT2D eigenvalue weighted by molar-refractivity contribution is 5.71. The quantitative estimate of drug-likeness (QED) is 0.675. The van der Waals surface area contributed by atoms with Gasteiger partial charge in [-0.15, -0.1) is 0 Å². The number of piperidine rings is 1. The number of likely N-dealkylation sites (tertiary alicyclic amines) is 1. The molecule has 2 rings (SSSR count). The van der Waals surface area contributed by atoms with Crippen LogP contribution in [0.15, 0.2) is 11.8 Å². The SMILES string of the molecule is CC(C)(C)OC(=O)N1C=C(C2CCCCN2C(=O)OC(C)(C)C)CCC1. The number of carbonyl (C=O) groups excluding carboxylic acids is 2. The minimum absolute atomic E-state index is 0.00355. The zero-order valence-corrected chi connectivity index (χ0v) is 17.1. The Bertz CT molecular complexity index is 557. The van der Waals surface area contributed by atoms with Crippen molar-refractivity contribution >= 4 is 12.2 Å². The summed E-state index contributed by atoms with van der Waals surface area (Å²) in [5.74, 6) is 0. The van der Waals surface area contributed by atoms with Gasteiger partial charge in [0.25, 0.3) is 0 Å². The van der Waals surface area contributed by atoms with E-state index in [1.165, 1.54) is 0 Å². The Morgan fingerprint density at radius 1 is 0.923 bits per heavy atom. The Kier molecular flexibility index (Phi) is 6.25. The Hall–Kier alpha value is -1.72. The largest absolute Gasteiger partial charge is 0.444 e. The molecule has 26 heavy (non-hydrogen) atoms. The van der Waals surface area contributed by atoms with E-state index in [1.807, 2.05) is 52.6 Å². The van der Waals surface area contributed by atoms with Gasteiger partial charge in [-0.05, 0) is 79.2 Å². The van der Waals surface area contributed by atoms with Crippen molar-refractivity contribution in [3.05, 3.63) is 11.8 Å². The average Bonchev–Trinajstić information content (AvgIpc) is 2.52. The molecule has 0 aliphatic carbocycles. The van der Waals surface area contributed by atoms with Crippen LogP contribution in [0.5, 0.6) is 0 Å². The molecule has 1 saturated heterocycles. The lowest BCUT2D eigenvalue weighted by molar-refractivity contribution is 0.0128. The Labute approximate surface area is 157 Å². The van der Waals surface area contributed by atoms with Crippen LogP contribution < -0.4 is 0 Å². The van der Waals surface area contributed by atoms with Crippen LogP contribution in [0.2, 0.25) is 0 Å². The first-order valence-electron chi connectivity index (χ1n) is 9.66. The predicted octanol–water partition coefficient (Wildman–Crippen LogP) is 4.69. The number of carbonyl (C=O) groups is 2. The van der Waals surface area contributed by atoms with Crippen molar-refractivity contribution in [2.75, 3.05) is 13.1 Å². The smallest absolute Gasteiger partial charge is 0.414 e. The molecule has 0 bridgehead atoms. The van der Waals surface area contributed by atoms with E-state index in [0.717, 1.165) is 37.7 Å². The second-order valence-electron chi connectivity index (χ2n) is 9.17. The number of amides is 2. The molecule has 2 aliphatic heterocycles. The number of rotatable bonds is 1. The van der Waals surface area contributed by atoms with Crippen molar-refractivity contribution in [3.63, 3.8) is 0 Å². The van der Waals surface area contributed by atoms with E-state index in [0.29, 0.717) is 13.1 Å². The van der Waals surface area contributed by atoms with Gasteiger partial charge in [0.2, 0.25) is 0 Å². The van der Waals surface area contributed by atoms with Crippen LogP contribution in [0.3, 0.4) is 0 Å². The first-order chi connectivity index (χ1) is 12.0. The summed E-state index contributed by atoms with van der Waals surface area (Å²) >= 11 is 0. The van der Waals surface area contributed by atoms with Crippen LogP contribution in [0, 0.1) is 0 Å². The topological polar surface area (TPSA) is 59.1 Å².